The maximum atomic E-state index is 12.2. The van der Waals surface area contributed by atoms with Crippen LogP contribution in [0.15, 0.2) is 60.7 Å². The summed E-state index contributed by atoms with van der Waals surface area (Å²) in [6.45, 7) is 6.29. The van der Waals surface area contributed by atoms with Gasteiger partial charge in [0.05, 0.1) is 24.1 Å². The SMILES string of the molecule is Cc1cc(OCCCCn2c(CCCCCNC(=O)Cc3ccc(Cl)cc3)nc3ccccc32)cc(C)c1Cl. The van der Waals surface area contributed by atoms with Crippen molar-refractivity contribution < 1.29 is 9.53 Å². The van der Waals surface area contributed by atoms with E-state index >= 15 is 0 Å². The number of amides is 1. The van der Waals surface area contributed by atoms with Crippen molar-refractivity contribution in [1.82, 2.24) is 14.9 Å². The van der Waals surface area contributed by atoms with E-state index in [2.05, 4.69) is 28.1 Å². The van der Waals surface area contributed by atoms with E-state index in [0.717, 1.165) is 83.9 Å². The van der Waals surface area contributed by atoms with Gasteiger partial charge in [-0.05, 0) is 92.6 Å². The molecule has 0 bridgehead atoms. The van der Waals surface area contributed by atoms with Crippen LogP contribution in [0.5, 0.6) is 5.75 Å². The van der Waals surface area contributed by atoms with Crippen LogP contribution < -0.4 is 10.1 Å². The van der Waals surface area contributed by atoms with Gasteiger partial charge in [0.2, 0.25) is 5.91 Å². The van der Waals surface area contributed by atoms with Crippen LogP contribution in [-0.2, 0) is 24.2 Å². The molecule has 0 radical (unpaired) electrons. The molecule has 0 aliphatic carbocycles. The third kappa shape index (κ3) is 8.48. The van der Waals surface area contributed by atoms with Crippen molar-refractivity contribution >= 4 is 40.1 Å². The highest BCUT2D eigenvalue weighted by Gasteiger charge is 2.11. The maximum absolute atomic E-state index is 12.2. The number of para-hydroxylation sites is 2. The van der Waals surface area contributed by atoms with Crippen molar-refractivity contribution in [2.45, 2.75) is 65.3 Å². The summed E-state index contributed by atoms with van der Waals surface area (Å²) >= 11 is 12.2. The van der Waals surface area contributed by atoms with E-state index in [4.69, 9.17) is 32.9 Å². The number of hydrogen-bond donors (Lipinski definition) is 1. The average molecular weight is 567 g/mol. The van der Waals surface area contributed by atoms with Crippen LogP contribution in [0.25, 0.3) is 11.0 Å². The van der Waals surface area contributed by atoms with Gasteiger partial charge in [0.1, 0.15) is 11.6 Å². The van der Waals surface area contributed by atoms with Gasteiger partial charge in [-0.25, -0.2) is 4.98 Å². The Kier molecular flexibility index (Phi) is 10.7. The molecule has 0 saturated heterocycles. The Hall–Kier alpha value is -3.02. The molecule has 4 rings (SSSR count). The Bertz CT molecular complexity index is 1360. The van der Waals surface area contributed by atoms with Gasteiger partial charge in [-0.15, -0.1) is 0 Å². The van der Waals surface area contributed by atoms with E-state index in [9.17, 15) is 4.79 Å². The normalized spacial score (nSPS) is 11.2. The second-order valence-corrected chi connectivity index (χ2v) is 10.9. The number of imidazole rings is 1. The summed E-state index contributed by atoms with van der Waals surface area (Å²) < 4.78 is 8.36. The molecule has 1 N–H and O–H groups in total. The molecule has 1 heterocycles. The number of nitrogens with zero attached hydrogens (tertiary/aromatic N) is 2. The van der Waals surface area contributed by atoms with E-state index in [0.29, 0.717) is 24.6 Å². The lowest BCUT2D eigenvalue weighted by Gasteiger charge is -2.12. The van der Waals surface area contributed by atoms with Crippen LogP contribution in [0.3, 0.4) is 0 Å². The summed E-state index contributed by atoms with van der Waals surface area (Å²) in [7, 11) is 0. The summed E-state index contributed by atoms with van der Waals surface area (Å²) in [5.74, 6) is 2.06. The number of ether oxygens (including phenoxy) is 1. The van der Waals surface area contributed by atoms with Crippen molar-refractivity contribution in [3.8, 4) is 5.75 Å². The first-order valence-corrected chi connectivity index (χ1v) is 14.5. The lowest BCUT2D eigenvalue weighted by Crippen LogP contribution is -2.26. The minimum Gasteiger partial charge on any atom is -0.494 e. The zero-order valence-electron chi connectivity index (χ0n) is 22.8. The molecule has 206 valence electrons. The summed E-state index contributed by atoms with van der Waals surface area (Å²) in [6.07, 6.45) is 6.31. The molecule has 0 fully saturated rings. The fraction of sp³-hybridized carbons (Fsp3) is 0.375. The minimum atomic E-state index is 0.0458. The molecule has 39 heavy (non-hydrogen) atoms. The Morgan fingerprint density at radius 1 is 0.923 bits per heavy atom. The molecule has 5 nitrogen and oxygen atoms in total. The standard InChI is InChI=1S/C32H37Cl2N3O2/c1-23-20-27(21-24(2)32(23)34)39-19-9-8-18-37-29-11-6-5-10-28(29)36-30(37)12-4-3-7-17-35-31(38)22-25-13-15-26(33)16-14-25/h5-6,10-11,13-16,20-21H,3-4,7-9,12,17-19,22H2,1-2H3,(H,35,38). The molecule has 0 spiro atoms. The van der Waals surface area contributed by atoms with Gasteiger partial charge < -0.3 is 14.6 Å². The summed E-state index contributed by atoms with van der Waals surface area (Å²) in [4.78, 5) is 17.1. The van der Waals surface area contributed by atoms with Crippen LogP contribution in [0.2, 0.25) is 10.0 Å². The molecule has 1 aromatic heterocycles. The first kappa shape index (κ1) is 29.0. The predicted octanol–water partition coefficient (Wildman–Crippen LogP) is 7.89. The van der Waals surface area contributed by atoms with Crippen LogP contribution in [-0.4, -0.2) is 28.6 Å². The Balaban J connectivity index is 1.20. The number of benzene rings is 3. The second kappa shape index (κ2) is 14.4. The van der Waals surface area contributed by atoms with Gasteiger partial charge >= 0.3 is 0 Å². The molecule has 7 heteroatoms. The van der Waals surface area contributed by atoms with E-state index in [1.54, 1.807) is 0 Å². The van der Waals surface area contributed by atoms with Crippen LogP contribution >= 0.6 is 23.2 Å². The molecule has 0 aliphatic heterocycles. The monoisotopic (exact) mass is 565 g/mol. The van der Waals surface area contributed by atoms with Gasteiger partial charge in [0.25, 0.3) is 0 Å². The lowest BCUT2D eigenvalue weighted by molar-refractivity contribution is -0.120. The fourth-order valence-corrected chi connectivity index (χ4v) is 5.02. The topological polar surface area (TPSA) is 56.1 Å². The van der Waals surface area contributed by atoms with Gasteiger partial charge in [0.15, 0.2) is 0 Å². The third-order valence-corrected chi connectivity index (χ3v) is 7.71. The largest absolute Gasteiger partial charge is 0.494 e. The van der Waals surface area contributed by atoms with Crippen molar-refractivity contribution in [3.63, 3.8) is 0 Å². The Labute approximate surface area is 241 Å². The average Bonchev–Trinajstić information content (AvgIpc) is 3.27. The van der Waals surface area contributed by atoms with Gasteiger partial charge in [-0.1, -0.05) is 53.9 Å². The number of fused-ring (bicyclic) bond motifs is 1. The number of hydrogen-bond acceptors (Lipinski definition) is 3. The smallest absolute Gasteiger partial charge is 0.224 e. The minimum absolute atomic E-state index is 0.0458. The molecule has 0 aliphatic rings. The van der Waals surface area contributed by atoms with Gasteiger partial charge in [-0.2, -0.15) is 0 Å². The summed E-state index contributed by atoms with van der Waals surface area (Å²) in [5.41, 5.74) is 5.29. The Morgan fingerprint density at radius 3 is 2.44 bits per heavy atom. The highest BCUT2D eigenvalue weighted by molar-refractivity contribution is 6.32. The highest BCUT2D eigenvalue weighted by atomic mass is 35.5. The number of carbonyl (C=O) groups excluding carboxylic acids is 1. The lowest BCUT2D eigenvalue weighted by atomic mass is 10.1. The number of aryl methyl sites for hydroxylation is 4. The van der Waals surface area contributed by atoms with E-state index in [-0.39, 0.29) is 5.91 Å². The molecule has 4 aromatic rings. The molecule has 0 unspecified atom stereocenters. The van der Waals surface area contributed by atoms with Crippen LogP contribution in [0.4, 0.5) is 0 Å². The maximum Gasteiger partial charge on any atom is 0.224 e. The summed E-state index contributed by atoms with van der Waals surface area (Å²) in [6, 6.07) is 19.8. The number of nitrogens with one attached hydrogen (secondary N) is 1. The van der Waals surface area contributed by atoms with Crippen LogP contribution in [0, 0.1) is 13.8 Å². The van der Waals surface area contributed by atoms with E-state index in [1.807, 2.05) is 56.3 Å². The zero-order valence-corrected chi connectivity index (χ0v) is 24.3. The summed E-state index contributed by atoms with van der Waals surface area (Å²) in [5, 5.41) is 4.51. The molecule has 0 atom stereocenters. The third-order valence-electron chi connectivity index (χ3n) is 6.87. The van der Waals surface area contributed by atoms with Crippen LogP contribution in [0.1, 0.15) is 54.6 Å². The van der Waals surface area contributed by atoms with Crippen molar-refractivity contribution in [1.29, 1.82) is 0 Å². The number of rotatable bonds is 14. The molecule has 3 aromatic carbocycles. The fourth-order valence-electron chi connectivity index (χ4n) is 4.78. The van der Waals surface area contributed by atoms with E-state index < -0.39 is 0 Å². The highest BCUT2D eigenvalue weighted by Crippen LogP contribution is 2.26. The quantitative estimate of drug-likeness (QED) is 0.158. The number of carbonyl (C=O) groups is 1. The first-order valence-electron chi connectivity index (χ1n) is 13.8. The molecule has 1 amide bonds. The molecular weight excluding hydrogens is 529 g/mol. The van der Waals surface area contributed by atoms with Crippen molar-refractivity contribution in [2.24, 2.45) is 0 Å². The second-order valence-electron chi connectivity index (χ2n) is 10.1. The first-order chi connectivity index (χ1) is 18.9. The van der Waals surface area contributed by atoms with Crippen molar-refractivity contribution in [2.75, 3.05) is 13.2 Å². The van der Waals surface area contributed by atoms with Crippen molar-refractivity contribution in [3.05, 3.63) is 93.2 Å². The Morgan fingerprint density at radius 2 is 1.67 bits per heavy atom. The predicted molar refractivity (Wildman–Crippen MR) is 161 cm³/mol. The van der Waals surface area contributed by atoms with Gasteiger partial charge in [0, 0.05) is 29.6 Å². The number of aromatic nitrogens is 2. The molecular formula is C32H37Cl2N3O2. The van der Waals surface area contributed by atoms with E-state index in [1.165, 1.54) is 5.52 Å². The number of unbranched alkanes of at least 4 members (excludes halogenated alkanes) is 3. The molecule has 0 saturated carbocycles. The number of halogens is 2. The zero-order chi connectivity index (χ0) is 27.6. The van der Waals surface area contributed by atoms with Gasteiger partial charge in [-0.3, -0.25) is 4.79 Å².